The fourth-order valence-corrected chi connectivity index (χ4v) is 2.79. The molecule has 1 atom stereocenters. The van der Waals surface area contributed by atoms with E-state index in [-0.39, 0.29) is 11.3 Å². The van der Waals surface area contributed by atoms with Crippen molar-refractivity contribution in [1.29, 1.82) is 0 Å². The van der Waals surface area contributed by atoms with Crippen molar-refractivity contribution in [2.45, 2.75) is 32.5 Å². The molecule has 0 aliphatic carbocycles. The Bertz CT molecular complexity index is 857. The number of alkyl halides is 4. The third-order valence-corrected chi connectivity index (χ3v) is 4.12. The molecular formula is C20H18F4N2O. The van der Waals surface area contributed by atoms with Gasteiger partial charge in [0.1, 0.15) is 5.75 Å². The summed E-state index contributed by atoms with van der Waals surface area (Å²) < 4.78 is 56.4. The fourth-order valence-electron chi connectivity index (χ4n) is 2.79. The smallest absolute Gasteiger partial charge is 0.387 e. The van der Waals surface area contributed by atoms with Crippen LogP contribution in [0.1, 0.15) is 31.1 Å². The second kappa shape index (κ2) is 7.42. The maximum absolute atomic E-state index is 13.7. The lowest BCUT2D eigenvalue weighted by molar-refractivity contribution is -0.0498. The summed E-state index contributed by atoms with van der Waals surface area (Å²) >= 11 is 0. The van der Waals surface area contributed by atoms with Crippen LogP contribution in [0.15, 0.2) is 65.8 Å². The van der Waals surface area contributed by atoms with E-state index in [0.29, 0.717) is 11.3 Å². The standard InChI is InChI=1S/C20H18F4N2O/c1-13-10-11-26(16-5-3-4-15(12-16)20(2,23)24)18(25-13)14-6-8-17(9-7-14)27-19(21)22/h3-12,18-19H,1-2H3. The van der Waals surface area contributed by atoms with E-state index in [9.17, 15) is 17.6 Å². The Hall–Kier alpha value is -2.83. The monoisotopic (exact) mass is 378 g/mol. The summed E-state index contributed by atoms with van der Waals surface area (Å²) in [6.45, 7) is -0.227. The molecule has 0 radical (unpaired) electrons. The van der Waals surface area contributed by atoms with E-state index in [1.165, 1.54) is 24.3 Å². The van der Waals surface area contributed by atoms with Crippen molar-refractivity contribution in [3.05, 3.63) is 71.9 Å². The Morgan fingerprint density at radius 3 is 2.44 bits per heavy atom. The average Bonchev–Trinajstić information content (AvgIpc) is 2.61. The minimum Gasteiger partial charge on any atom is -0.435 e. The number of halogens is 4. The normalized spacial score (nSPS) is 17.2. The molecule has 0 fully saturated rings. The molecule has 0 aromatic heterocycles. The van der Waals surface area contributed by atoms with Crippen molar-refractivity contribution in [2.24, 2.45) is 4.99 Å². The highest BCUT2D eigenvalue weighted by molar-refractivity contribution is 5.94. The fraction of sp³-hybridized carbons (Fsp3) is 0.250. The molecule has 3 rings (SSSR count). The topological polar surface area (TPSA) is 24.8 Å². The molecular weight excluding hydrogens is 360 g/mol. The molecule has 0 spiro atoms. The first kappa shape index (κ1) is 18.9. The van der Waals surface area contributed by atoms with Gasteiger partial charge in [-0.2, -0.15) is 8.78 Å². The van der Waals surface area contributed by atoms with E-state index in [2.05, 4.69) is 9.73 Å². The molecule has 2 aromatic rings. The molecule has 1 aliphatic rings. The lowest BCUT2D eigenvalue weighted by atomic mass is 10.1. The Balaban J connectivity index is 1.94. The number of allylic oxidation sites excluding steroid dienone is 1. The van der Waals surface area contributed by atoms with Crippen LogP contribution in [0.25, 0.3) is 0 Å². The van der Waals surface area contributed by atoms with Crippen LogP contribution < -0.4 is 9.64 Å². The molecule has 0 N–H and O–H groups in total. The van der Waals surface area contributed by atoms with E-state index in [1.807, 2.05) is 6.92 Å². The zero-order chi connectivity index (χ0) is 19.6. The van der Waals surface area contributed by atoms with Gasteiger partial charge in [-0.05, 0) is 42.8 Å². The third kappa shape index (κ3) is 4.48. The first-order chi connectivity index (χ1) is 12.7. The Kier molecular flexibility index (Phi) is 5.21. The van der Waals surface area contributed by atoms with Crippen molar-refractivity contribution < 1.29 is 22.3 Å². The van der Waals surface area contributed by atoms with E-state index in [1.54, 1.807) is 41.4 Å². The third-order valence-electron chi connectivity index (χ3n) is 4.12. The zero-order valence-corrected chi connectivity index (χ0v) is 14.7. The van der Waals surface area contributed by atoms with Crippen molar-refractivity contribution in [3.63, 3.8) is 0 Å². The highest BCUT2D eigenvalue weighted by Gasteiger charge is 2.27. The van der Waals surface area contributed by atoms with E-state index >= 15 is 0 Å². The van der Waals surface area contributed by atoms with Crippen LogP contribution in [0.2, 0.25) is 0 Å². The van der Waals surface area contributed by atoms with Gasteiger partial charge in [0.25, 0.3) is 5.92 Å². The van der Waals surface area contributed by atoms with Crippen LogP contribution in [0.3, 0.4) is 0 Å². The van der Waals surface area contributed by atoms with Gasteiger partial charge in [-0.1, -0.05) is 24.3 Å². The van der Waals surface area contributed by atoms with Gasteiger partial charge in [0.05, 0.1) is 0 Å². The zero-order valence-electron chi connectivity index (χ0n) is 14.7. The van der Waals surface area contributed by atoms with Gasteiger partial charge in [0.2, 0.25) is 0 Å². The van der Waals surface area contributed by atoms with Crippen LogP contribution in [0.4, 0.5) is 23.2 Å². The van der Waals surface area contributed by atoms with E-state index < -0.39 is 18.7 Å². The lowest BCUT2D eigenvalue weighted by Crippen LogP contribution is -2.26. The first-order valence-corrected chi connectivity index (χ1v) is 8.28. The van der Waals surface area contributed by atoms with Gasteiger partial charge in [-0.3, -0.25) is 4.99 Å². The highest BCUT2D eigenvalue weighted by atomic mass is 19.3. The predicted molar refractivity (Wildman–Crippen MR) is 96.6 cm³/mol. The van der Waals surface area contributed by atoms with Crippen LogP contribution in [-0.2, 0) is 5.92 Å². The summed E-state index contributed by atoms with van der Waals surface area (Å²) in [5.41, 5.74) is 1.94. The summed E-state index contributed by atoms with van der Waals surface area (Å²) in [7, 11) is 0. The molecule has 3 nitrogen and oxygen atoms in total. The van der Waals surface area contributed by atoms with Gasteiger partial charge >= 0.3 is 6.61 Å². The number of aliphatic imine (C=N–C) groups is 1. The number of hydrogen-bond acceptors (Lipinski definition) is 3. The summed E-state index contributed by atoms with van der Waals surface area (Å²) in [5.74, 6) is -2.92. The molecule has 0 saturated carbocycles. The Morgan fingerprint density at radius 1 is 1.11 bits per heavy atom. The van der Waals surface area contributed by atoms with E-state index in [0.717, 1.165) is 12.6 Å². The van der Waals surface area contributed by atoms with E-state index in [4.69, 9.17) is 0 Å². The molecule has 1 heterocycles. The quantitative estimate of drug-likeness (QED) is 0.606. The maximum Gasteiger partial charge on any atom is 0.387 e. The highest BCUT2D eigenvalue weighted by Crippen LogP contribution is 2.35. The molecule has 0 bridgehead atoms. The first-order valence-electron chi connectivity index (χ1n) is 8.28. The summed E-state index contributed by atoms with van der Waals surface area (Å²) in [4.78, 5) is 6.33. The van der Waals surface area contributed by atoms with Crippen LogP contribution in [-0.4, -0.2) is 12.3 Å². The van der Waals surface area contributed by atoms with Crippen molar-refractivity contribution in [3.8, 4) is 5.75 Å². The van der Waals surface area contributed by atoms with Gasteiger partial charge in [-0.15, -0.1) is 0 Å². The number of benzene rings is 2. The molecule has 0 amide bonds. The van der Waals surface area contributed by atoms with Gasteiger partial charge in [0, 0.05) is 30.1 Å². The summed E-state index contributed by atoms with van der Waals surface area (Å²) in [6, 6.07) is 12.2. The van der Waals surface area contributed by atoms with Crippen molar-refractivity contribution in [1.82, 2.24) is 0 Å². The van der Waals surface area contributed by atoms with Crippen LogP contribution in [0.5, 0.6) is 5.75 Å². The summed E-state index contributed by atoms with van der Waals surface area (Å²) in [6.07, 6.45) is 3.04. The Morgan fingerprint density at radius 2 is 1.81 bits per heavy atom. The average molecular weight is 378 g/mol. The number of nitrogens with zero attached hydrogens (tertiary/aromatic N) is 2. The molecule has 0 saturated heterocycles. The maximum atomic E-state index is 13.7. The second-order valence-corrected chi connectivity index (χ2v) is 6.25. The molecule has 1 aliphatic heterocycles. The van der Waals surface area contributed by atoms with Gasteiger partial charge in [-0.25, -0.2) is 8.78 Å². The molecule has 1 unspecified atom stereocenters. The predicted octanol–water partition coefficient (Wildman–Crippen LogP) is 5.89. The van der Waals surface area contributed by atoms with Crippen molar-refractivity contribution >= 4 is 11.4 Å². The van der Waals surface area contributed by atoms with Gasteiger partial charge < -0.3 is 9.64 Å². The second-order valence-electron chi connectivity index (χ2n) is 6.25. The minimum absolute atomic E-state index is 0.0416. The number of ether oxygens (including phenoxy) is 1. The number of rotatable bonds is 5. The van der Waals surface area contributed by atoms with Crippen molar-refractivity contribution in [2.75, 3.05) is 4.90 Å². The van der Waals surface area contributed by atoms with Crippen LogP contribution in [0, 0.1) is 0 Å². The SMILES string of the molecule is CC1=NC(c2ccc(OC(F)F)cc2)N(c2cccc(C(C)(F)F)c2)C=C1. The number of hydrogen-bond donors (Lipinski definition) is 0. The largest absolute Gasteiger partial charge is 0.435 e. The number of anilines is 1. The van der Waals surface area contributed by atoms with Gasteiger partial charge in [0.15, 0.2) is 6.17 Å². The molecule has 142 valence electrons. The molecule has 2 aromatic carbocycles. The summed E-state index contributed by atoms with van der Waals surface area (Å²) in [5, 5.41) is 0. The lowest BCUT2D eigenvalue weighted by Gasteiger charge is -2.31. The molecule has 7 heteroatoms. The molecule has 27 heavy (non-hydrogen) atoms. The van der Waals surface area contributed by atoms with Crippen LogP contribution >= 0.6 is 0 Å². The minimum atomic E-state index is -2.96. The Labute approximate surface area is 154 Å².